The molecule has 126 heavy (non-hydrogen) atoms. The highest BCUT2D eigenvalue weighted by Gasteiger charge is 2.43. The minimum Gasteiger partial charge on any atom is -0.455 e. The lowest BCUT2D eigenvalue weighted by Gasteiger charge is -2.37. The van der Waals surface area contributed by atoms with Crippen molar-refractivity contribution in [3.63, 3.8) is 0 Å². The molecule has 2 saturated heterocycles. The van der Waals surface area contributed by atoms with Gasteiger partial charge in [0.25, 0.3) is 5.91 Å². The molecule has 2 aliphatic heterocycles. The molecule has 7 N–H and O–H groups in total. The number of aromatic nitrogens is 2. The second kappa shape index (κ2) is 52.4. The Bertz CT molecular complexity index is 4390. The summed E-state index contributed by atoms with van der Waals surface area (Å²) in [4.78, 5) is 123. The number of rotatable bonds is 46. The van der Waals surface area contributed by atoms with Gasteiger partial charge in [-0.2, -0.15) is 8.78 Å². The maximum absolute atomic E-state index is 14.3. The van der Waals surface area contributed by atoms with Crippen molar-refractivity contribution in [2.45, 2.75) is 273 Å². The molecule has 0 radical (unpaired) electrons. The van der Waals surface area contributed by atoms with Gasteiger partial charge >= 0.3 is 33.1 Å². The van der Waals surface area contributed by atoms with Crippen LogP contribution in [-0.4, -0.2) is 192 Å². The van der Waals surface area contributed by atoms with E-state index in [0.29, 0.717) is 56.0 Å². The van der Waals surface area contributed by atoms with Crippen LogP contribution in [0, 0.1) is 64.6 Å². The van der Waals surface area contributed by atoms with E-state index in [1.165, 1.54) is 18.3 Å². The van der Waals surface area contributed by atoms with E-state index in [1.54, 1.807) is 62.2 Å². The number of ketones is 2. The van der Waals surface area contributed by atoms with E-state index in [0.717, 1.165) is 98.5 Å². The molecule has 7 rings (SSSR count). The van der Waals surface area contributed by atoms with Crippen molar-refractivity contribution in [3.05, 3.63) is 121 Å². The summed E-state index contributed by atoms with van der Waals surface area (Å²) in [7, 11) is 0.753. The molecule has 0 unspecified atom stereocenters. The first kappa shape index (κ1) is 109. The zero-order valence-electron chi connectivity index (χ0n) is 77.0. The number of likely N-dealkylation sites (tertiary alicyclic amines) is 2. The Morgan fingerprint density at radius 2 is 0.897 bits per heavy atom. The minimum atomic E-state index is -3.46. The smallest absolute Gasteiger partial charge is 0.363 e. The van der Waals surface area contributed by atoms with Gasteiger partial charge in [0, 0.05) is 112 Å². The van der Waals surface area contributed by atoms with Crippen LogP contribution in [0.5, 0.6) is 5.75 Å². The van der Waals surface area contributed by atoms with E-state index >= 15 is 0 Å². The van der Waals surface area contributed by atoms with Crippen molar-refractivity contribution >= 4 is 96.4 Å². The standard InChI is InChI=1S/C42H68N5O8PS.C33H42F5N3O6S.C15H27N2O3P/c1-11-28(6)34(24-38(49)36-16-14-15-21-46(36)9)42(51)47(10)37(27(4)5)25-39(55-30(8)48)41-45-35(26-57-41)40(50)44-33(23-31-17-19-32(43)20-18-31)22-29(7)56(52,53-12-2)54-13-3;1-8-17(4)19(13-23(43)21-11-9-10-12-40(21)6)32(44)41(7)22(16(2)3)14-24(46-18(5)42)31-39-20(15-48-31)33(45)47-30-28(37)26(35)25(34)27(36)29(30)38;1-4-19-21(18,20-5-2)12(3)10-15(17)11-13-6-8-14(16)9-7-13/h17-20,26-29,33-34,36-37,39H,11-16,21-25,43H2,1-10H3,(H,44,50);15-17,19,21-22,24H,8-14H2,1-7H3;6-9,12,15H,4-5,10-11,16-17H2,1-3H3/t28-,29-,33+,34-,36+,37+,39+;17-,19-,21+,22+,24+;12-,15+/m000/s1. The van der Waals surface area contributed by atoms with Gasteiger partial charge in [-0.25, -0.2) is 27.9 Å². The monoisotopic (exact) mass is 1850 g/mol. The van der Waals surface area contributed by atoms with Gasteiger partial charge in [-0.3, -0.25) is 52.5 Å². The average molecular weight is 1850 g/mol. The molecule has 2 aliphatic rings. The summed E-state index contributed by atoms with van der Waals surface area (Å²) >= 11 is 2.04. The molecule has 0 aliphatic carbocycles. The number of nitrogen functional groups attached to an aromatic ring is 2. The Labute approximate surface area is 749 Å². The molecule has 0 bridgehead atoms. The number of nitrogens with two attached hydrogens (primary N) is 3. The fourth-order valence-corrected chi connectivity index (χ4v) is 21.2. The number of anilines is 2. The van der Waals surface area contributed by atoms with Crippen LogP contribution in [-0.2, 0) is 78.3 Å². The van der Waals surface area contributed by atoms with E-state index in [9.17, 15) is 69.4 Å². The third-order valence-corrected chi connectivity index (χ3v) is 30.4. The summed E-state index contributed by atoms with van der Waals surface area (Å²) in [5, 5.41) is 6.33. The molecule has 0 saturated carbocycles. The van der Waals surface area contributed by atoms with Crippen LogP contribution in [0.25, 0.3) is 0 Å². The number of likely N-dealkylation sites (N-methyl/N-ethyl adjacent to an activating group) is 2. The van der Waals surface area contributed by atoms with Gasteiger partial charge in [0.1, 0.15) is 15.7 Å². The van der Waals surface area contributed by atoms with Gasteiger partial charge in [0.15, 0.2) is 29.5 Å². The predicted octanol–water partition coefficient (Wildman–Crippen LogP) is 17.5. The minimum absolute atomic E-state index is 0.00739. The van der Waals surface area contributed by atoms with E-state index in [-0.39, 0.29) is 126 Å². The maximum Gasteiger partial charge on any atom is 0.363 e. The first-order valence-corrected chi connectivity index (χ1v) is 48.8. The molecule has 706 valence electrons. The van der Waals surface area contributed by atoms with Crippen LogP contribution < -0.4 is 27.3 Å². The zero-order chi connectivity index (χ0) is 94.4. The van der Waals surface area contributed by atoms with Crippen LogP contribution in [0.1, 0.15) is 255 Å². The van der Waals surface area contributed by atoms with Gasteiger partial charge < -0.3 is 64.6 Å². The number of amides is 3. The summed E-state index contributed by atoms with van der Waals surface area (Å²) in [6.45, 7) is 31.9. The summed E-state index contributed by atoms with van der Waals surface area (Å²) in [6, 6.07) is 13.1. The molecular weight excluding hydrogens is 1710 g/mol. The second-order valence-electron chi connectivity index (χ2n) is 33.7. The number of hydrogen-bond donors (Lipinski definition) is 4. The first-order valence-electron chi connectivity index (χ1n) is 43.9. The number of halogens is 5. The number of esters is 3. The number of thiazole rings is 2. The highest BCUT2D eigenvalue weighted by molar-refractivity contribution is 7.54. The summed E-state index contributed by atoms with van der Waals surface area (Å²) in [5.74, 6) is -18.2. The fourth-order valence-electron chi connectivity index (χ4n) is 15.9. The van der Waals surface area contributed by atoms with Crippen molar-refractivity contribution in [2.24, 2.45) is 41.2 Å². The Hall–Kier alpha value is -7.49. The van der Waals surface area contributed by atoms with Crippen LogP contribution in [0.2, 0.25) is 0 Å². The van der Waals surface area contributed by atoms with Crippen LogP contribution in [0.4, 0.5) is 33.3 Å². The van der Waals surface area contributed by atoms with Gasteiger partial charge in [0.05, 0.1) is 49.8 Å². The Morgan fingerprint density at radius 1 is 0.532 bits per heavy atom. The Kier molecular flexibility index (Phi) is 45.3. The van der Waals surface area contributed by atoms with Crippen LogP contribution >= 0.6 is 37.9 Å². The number of Topliss-reactive ketones (excluding diaryl/α,β-unsaturated/α-hetero) is 2. The van der Waals surface area contributed by atoms with E-state index < -0.39 is 121 Å². The topological polar surface area (TPSA) is 364 Å². The maximum atomic E-state index is 14.3. The van der Waals surface area contributed by atoms with E-state index in [4.69, 9.17) is 44.8 Å². The third-order valence-electron chi connectivity index (χ3n) is 23.4. The molecule has 4 heterocycles. The number of ether oxygens (including phenoxy) is 3. The molecule has 3 amide bonds. The van der Waals surface area contributed by atoms with Crippen LogP contribution in [0.15, 0.2) is 59.3 Å². The van der Waals surface area contributed by atoms with Crippen molar-refractivity contribution in [1.82, 2.24) is 34.9 Å². The molecule has 3 aromatic carbocycles. The number of carbonyl (C=O) groups excluding carboxylic acids is 8. The third kappa shape index (κ3) is 32.0. The molecule has 5 aromatic rings. The molecule has 2 fully saturated rings. The highest BCUT2D eigenvalue weighted by atomic mass is 32.1. The van der Waals surface area contributed by atoms with Crippen molar-refractivity contribution in [2.75, 3.05) is 79.2 Å². The number of nitrogens with zero attached hydrogens (tertiary/aromatic N) is 6. The first-order chi connectivity index (χ1) is 59.3. The molecular formula is C90H137F5N10O17P2S2. The summed E-state index contributed by atoms with van der Waals surface area (Å²) in [5.41, 5.74) is 20.0. The number of carbonyl (C=O) groups is 8. The highest BCUT2D eigenvalue weighted by Crippen LogP contribution is 2.55. The molecule has 27 nitrogen and oxygen atoms in total. The Balaban J connectivity index is 0.000000367. The average Bonchev–Trinajstić information content (AvgIpc) is 1.64. The molecule has 14 atom stereocenters. The summed E-state index contributed by atoms with van der Waals surface area (Å²) < 4.78 is 133. The van der Waals surface area contributed by atoms with Gasteiger partial charge in [-0.05, 0) is 165 Å². The Morgan fingerprint density at radius 3 is 1.26 bits per heavy atom. The van der Waals surface area contributed by atoms with Gasteiger partial charge in [0.2, 0.25) is 46.6 Å². The van der Waals surface area contributed by atoms with Crippen molar-refractivity contribution in [1.29, 1.82) is 0 Å². The SMILES string of the molecule is CCOP(=O)(OCC)[C@@H](C)C[C@@H](N)Cc1ccc(N)cc1.CCOP(=O)(OCC)[C@@H](C)C[C@H](Cc1ccc(N)cc1)NC(=O)c1csc([C@@H](C[C@H](C(C)C)N(C)C(=O)[C@@H](CC(=O)[C@H]2CCCCN2C)[C@@H](C)CC)OC(C)=O)n1.CC[C@H](C)[C@H](CC(=O)[C@H]1CCCCN1C)C(=O)N(C)[C@H](C[C@@H](OC(C)=O)c1nc(C(=O)Oc2c(F)c(F)c(F)c(F)c2F)cs1)C(C)C. The lowest BCUT2D eigenvalue weighted by Crippen LogP contribution is -2.48. The largest absolute Gasteiger partial charge is 0.455 e. The van der Waals surface area contributed by atoms with E-state index in [2.05, 4.69) is 24.9 Å². The molecule has 2 aromatic heterocycles. The quantitative estimate of drug-likeness (QED) is 0.00535. The van der Waals surface area contributed by atoms with Crippen molar-refractivity contribution < 1.29 is 102 Å². The van der Waals surface area contributed by atoms with Gasteiger partial charge in [-0.15, -0.1) is 22.7 Å². The van der Waals surface area contributed by atoms with Crippen LogP contribution in [0.3, 0.4) is 0 Å². The molecule has 36 heteroatoms. The fraction of sp³-hybridized carbons (Fsp3) is 0.644. The zero-order valence-corrected chi connectivity index (χ0v) is 80.4. The summed E-state index contributed by atoms with van der Waals surface area (Å²) in [6.07, 6.45) is 7.69. The predicted molar refractivity (Wildman–Crippen MR) is 480 cm³/mol. The number of hydrogen-bond acceptors (Lipinski definition) is 26. The van der Waals surface area contributed by atoms with Gasteiger partial charge in [-0.1, -0.05) is 119 Å². The number of piperidine rings is 2. The number of benzene rings is 3. The lowest BCUT2D eigenvalue weighted by atomic mass is 9.83. The normalized spacial score (nSPS) is 17.5. The lowest BCUT2D eigenvalue weighted by molar-refractivity contribution is -0.150. The number of nitrogens with one attached hydrogen (secondary N) is 1. The molecule has 0 spiro atoms. The second-order valence-corrected chi connectivity index (χ2v) is 40.4. The van der Waals surface area contributed by atoms with Crippen molar-refractivity contribution in [3.8, 4) is 5.75 Å². The van der Waals surface area contributed by atoms with E-state index in [1.807, 2.05) is 132 Å².